The Hall–Kier alpha value is -3.74. The summed E-state index contributed by atoms with van der Waals surface area (Å²) in [5.74, 6) is -0.690. The molecule has 0 unspecified atom stereocenters. The number of hydrogen-bond donors (Lipinski definition) is 3. The smallest absolute Gasteiger partial charge is 0.326 e. The Morgan fingerprint density at radius 2 is 1.64 bits per heavy atom. The van der Waals surface area contributed by atoms with Gasteiger partial charge in [-0.25, -0.2) is 4.79 Å². The number of aromatic nitrogens is 2. The number of aryl methyl sites for hydroxylation is 2. The summed E-state index contributed by atoms with van der Waals surface area (Å²) in [7, 11) is 0. The summed E-state index contributed by atoms with van der Waals surface area (Å²) in [5, 5.41) is 5.36. The lowest BCUT2D eigenvalue weighted by Gasteiger charge is -2.09. The molecule has 0 aliphatic heterocycles. The minimum Gasteiger partial charge on any atom is -0.326 e. The third-order valence-corrected chi connectivity index (χ3v) is 4.23. The van der Waals surface area contributed by atoms with E-state index < -0.39 is 11.6 Å². The van der Waals surface area contributed by atoms with Crippen molar-refractivity contribution >= 4 is 23.2 Å². The van der Waals surface area contributed by atoms with Gasteiger partial charge in [0.25, 0.3) is 5.91 Å². The standard InChI is InChI=1S/C21H20N4O3/c1-12-7-8-15(9-13(12)2)18-11-19(25-21(28)24-18)20(27)23-17-6-4-5-16(10-17)22-14(3)26/h4-11H,1-3H3,(H,22,26)(H,23,27)(H,24,25,28). The van der Waals surface area contributed by atoms with Gasteiger partial charge in [-0.15, -0.1) is 0 Å². The number of anilines is 2. The first-order valence-electron chi connectivity index (χ1n) is 8.70. The maximum absolute atomic E-state index is 12.6. The van der Waals surface area contributed by atoms with Crippen molar-refractivity contribution in [1.82, 2.24) is 9.97 Å². The minimum atomic E-state index is -0.604. The Labute approximate surface area is 161 Å². The van der Waals surface area contributed by atoms with Crippen molar-refractivity contribution in [3.05, 3.63) is 75.8 Å². The second kappa shape index (κ2) is 7.87. The van der Waals surface area contributed by atoms with Crippen LogP contribution in [0.1, 0.15) is 28.5 Å². The van der Waals surface area contributed by atoms with E-state index in [-0.39, 0.29) is 11.6 Å². The van der Waals surface area contributed by atoms with E-state index in [1.807, 2.05) is 32.0 Å². The molecule has 0 saturated carbocycles. The SMILES string of the molecule is CC(=O)Nc1cccc(NC(=O)c2cc(-c3ccc(C)c(C)c3)nc(=O)[nH]2)c1. The third-order valence-electron chi connectivity index (χ3n) is 4.23. The Bertz CT molecular complexity index is 1120. The molecule has 1 heterocycles. The molecule has 7 nitrogen and oxygen atoms in total. The number of carbonyl (C=O) groups is 2. The van der Waals surface area contributed by atoms with Gasteiger partial charge in [-0.3, -0.25) is 9.59 Å². The molecule has 0 spiro atoms. The third kappa shape index (κ3) is 4.50. The Morgan fingerprint density at radius 1 is 0.929 bits per heavy atom. The molecule has 3 rings (SSSR count). The number of carbonyl (C=O) groups excluding carboxylic acids is 2. The van der Waals surface area contributed by atoms with E-state index in [0.717, 1.165) is 16.7 Å². The number of H-pyrrole nitrogens is 1. The predicted octanol–water partition coefficient (Wildman–Crippen LogP) is 3.26. The lowest BCUT2D eigenvalue weighted by atomic mass is 10.0. The number of nitrogens with one attached hydrogen (secondary N) is 3. The summed E-state index contributed by atoms with van der Waals surface area (Å²) < 4.78 is 0. The van der Waals surface area contributed by atoms with E-state index in [1.165, 1.54) is 6.92 Å². The van der Waals surface area contributed by atoms with E-state index in [9.17, 15) is 14.4 Å². The van der Waals surface area contributed by atoms with Crippen molar-refractivity contribution < 1.29 is 9.59 Å². The first kappa shape index (κ1) is 19.0. The van der Waals surface area contributed by atoms with Gasteiger partial charge in [0.05, 0.1) is 5.69 Å². The number of hydrogen-bond acceptors (Lipinski definition) is 4. The fourth-order valence-corrected chi connectivity index (χ4v) is 2.70. The summed E-state index contributed by atoms with van der Waals surface area (Å²) in [6, 6.07) is 14.0. The average Bonchev–Trinajstić information content (AvgIpc) is 2.63. The highest BCUT2D eigenvalue weighted by Gasteiger charge is 2.12. The molecule has 0 bridgehead atoms. The molecule has 3 N–H and O–H groups in total. The van der Waals surface area contributed by atoms with E-state index in [2.05, 4.69) is 20.6 Å². The van der Waals surface area contributed by atoms with Crippen LogP contribution in [-0.2, 0) is 4.79 Å². The number of nitrogens with zero attached hydrogens (tertiary/aromatic N) is 1. The summed E-state index contributed by atoms with van der Waals surface area (Å²) in [4.78, 5) is 42.2. The van der Waals surface area contributed by atoms with Crippen LogP contribution in [0.3, 0.4) is 0 Å². The zero-order valence-electron chi connectivity index (χ0n) is 15.8. The molecule has 0 atom stereocenters. The first-order valence-corrected chi connectivity index (χ1v) is 8.70. The van der Waals surface area contributed by atoms with Gasteiger partial charge < -0.3 is 15.6 Å². The molecular weight excluding hydrogens is 356 g/mol. The highest BCUT2D eigenvalue weighted by Crippen LogP contribution is 2.20. The van der Waals surface area contributed by atoms with Gasteiger partial charge in [0.1, 0.15) is 5.69 Å². The molecule has 2 amide bonds. The van der Waals surface area contributed by atoms with Crippen molar-refractivity contribution in [3.8, 4) is 11.3 Å². The molecule has 0 fully saturated rings. The summed E-state index contributed by atoms with van der Waals surface area (Å²) >= 11 is 0. The normalized spacial score (nSPS) is 10.4. The van der Waals surface area contributed by atoms with Gasteiger partial charge in [-0.05, 0) is 55.3 Å². The van der Waals surface area contributed by atoms with Gasteiger partial charge in [-0.1, -0.05) is 18.2 Å². The molecule has 0 aliphatic carbocycles. The highest BCUT2D eigenvalue weighted by molar-refractivity contribution is 6.03. The van der Waals surface area contributed by atoms with Crippen LogP contribution in [0.2, 0.25) is 0 Å². The molecule has 0 radical (unpaired) electrons. The molecule has 3 aromatic rings. The second-order valence-corrected chi connectivity index (χ2v) is 6.50. The van der Waals surface area contributed by atoms with Crippen molar-refractivity contribution in [2.75, 3.05) is 10.6 Å². The van der Waals surface area contributed by atoms with Crippen LogP contribution >= 0.6 is 0 Å². The van der Waals surface area contributed by atoms with E-state index in [4.69, 9.17) is 0 Å². The number of rotatable bonds is 4. The molecule has 0 aliphatic rings. The Kier molecular flexibility index (Phi) is 5.35. The fraction of sp³-hybridized carbons (Fsp3) is 0.143. The largest absolute Gasteiger partial charge is 0.346 e. The minimum absolute atomic E-state index is 0.0955. The molecule has 7 heteroatoms. The topological polar surface area (TPSA) is 104 Å². The van der Waals surface area contributed by atoms with Gasteiger partial charge in [0.2, 0.25) is 5.91 Å². The molecule has 142 valence electrons. The van der Waals surface area contributed by atoms with Crippen LogP contribution in [-0.4, -0.2) is 21.8 Å². The number of aromatic amines is 1. The Balaban J connectivity index is 1.88. The van der Waals surface area contributed by atoms with Crippen LogP contribution in [0, 0.1) is 13.8 Å². The van der Waals surface area contributed by atoms with Gasteiger partial charge in [0.15, 0.2) is 0 Å². The quantitative estimate of drug-likeness (QED) is 0.650. The summed E-state index contributed by atoms with van der Waals surface area (Å²) in [6.07, 6.45) is 0. The zero-order chi connectivity index (χ0) is 20.3. The van der Waals surface area contributed by atoms with Gasteiger partial charge in [0, 0.05) is 23.9 Å². The van der Waals surface area contributed by atoms with Crippen molar-refractivity contribution in [2.45, 2.75) is 20.8 Å². The lowest BCUT2D eigenvalue weighted by molar-refractivity contribution is -0.114. The average molecular weight is 376 g/mol. The van der Waals surface area contributed by atoms with E-state index in [0.29, 0.717) is 17.1 Å². The highest BCUT2D eigenvalue weighted by atomic mass is 16.2. The van der Waals surface area contributed by atoms with Crippen LogP contribution < -0.4 is 16.3 Å². The van der Waals surface area contributed by atoms with E-state index >= 15 is 0 Å². The predicted molar refractivity (Wildman–Crippen MR) is 108 cm³/mol. The van der Waals surface area contributed by atoms with Crippen LogP contribution in [0.4, 0.5) is 11.4 Å². The summed E-state index contributed by atoms with van der Waals surface area (Å²) in [6.45, 7) is 5.38. The molecule has 1 aromatic heterocycles. The second-order valence-electron chi connectivity index (χ2n) is 6.50. The van der Waals surface area contributed by atoms with Crippen LogP contribution in [0.5, 0.6) is 0 Å². The lowest BCUT2D eigenvalue weighted by Crippen LogP contribution is -2.21. The summed E-state index contributed by atoms with van der Waals surface area (Å²) in [5.41, 5.74) is 3.92. The number of amides is 2. The monoisotopic (exact) mass is 376 g/mol. The molecule has 2 aromatic carbocycles. The molecule has 0 saturated heterocycles. The maximum atomic E-state index is 12.6. The maximum Gasteiger partial charge on any atom is 0.346 e. The van der Waals surface area contributed by atoms with Crippen LogP contribution in [0.25, 0.3) is 11.3 Å². The van der Waals surface area contributed by atoms with E-state index in [1.54, 1.807) is 30.3 Å². The van der Waals surface area contributed by atoms with Crippen molar-refractivity contribution in [3.63, 3.8) is 0 Å². The van der Waals surface area contributed by atoms with Crippen molar-refractivity contribution in [1.29, 1.82) is 0 Å². The van der Waals surface area contributed by atoms with Crippen molar-refractivity contribution in [2.24, 2.45) is 0 Å². The van der Waals surface area contributed by atoms with Crippen LogP contribution in [0.15, 0.2) is 53.3 Å². The zero-order valence-corrected chi connectivity index (χ0v) is 15.8. The molecular formula is C21H20N4O3. The fourth-order valence-electron chi connectivity index (χ4n) is 2.70. The van der Waals surface area contributed by atoms with Gasteiger partial charge in [-0.2, -0.15) is 4.98 Å². The molecule has 28 heavy (non-hydrogen) atoms. The van der Waals surface area contributed by atoms with Gasteiger partial charge >= 0.3 is 5.69 Å². The Morgan fingerprint density at radius 3 is 2.32 bits per heavy atom. The first-order chi connectivity index (χ1) is 13.3. The number of benzene rings is 2.